The third-order valence-corrected chi connectivity index (χ3v) is 3.88. The molecule has 1 atom stereocenters. The monoisotopic (exact) mass is 312 g/mol. The third kappa shape index (κ3) is 2.92. The Labute approximate surface area is 133 Å². The van der Waals surface area contributed by atoms with E-state index in [-0.39, 0.29) is 17.8 Å². The first-order valence-electron chi connectivity index (χ1n) is 7.46. The average Bonchev–Trinajstić information content (AvgIpc) is 3.00. The van der Waals surface area contributed by atoms with E-state index in [0.717, 1.165) is 5.56 Å². The van der Waals surface area contributed by atoms with Crippen molar-refractivity contribution in [2.24, 2.45) is 0 Å². The molecule has 2 heterocycles. The molecule has 0 radical (unpaired) electrons. The van der Waals surface area contributed by atoms with Crippen molar-refractivity contribution in [2.75, 3.05) is 6.54 Å². The Hall–Kier alpha value is -2.76. The molecule has 118 valence electrons. The summed E-state index contributed by atoms with van der Waals surface area (Å²) >= 11 is 0. The molecule has 23 heavy (non-hydrogen) atoms. The number of benzene rings is 1. The van der Waals surface area contributed by atoms with Gasteiger partial charge in [-0.2, -0.15) is 0 Å². The molecule has 0 aliphatic rings. The molecule has 1 amide bonds. The minimum atomic E-state index is -0.290. The molecule has 1 aromatic carbocycles. The van der Waals surface area contributed by atoms with Gasteiger partial charge < -0.3 is 4.90 Å². The minimum Gasteiger partial charge on any atom is -0.331 e. The Morgan fingerprint density at radius 2 is 2.09 bits per heavy atom. The van der Waals surface area contributed by atoms with Crippen LogP contribution in [0.15, 0.2) is 48.9 Å². The SMILES string of the molecule is CCN(C(=O)c1cn2cccnc2n1)C(C)c1ccc(F)cc1. The number of hydrogen-bond acceptors (Lipinski definition) is 3. The van der Waals surface area contributed by atoms with Crippen molar-refractivity contribution >= 4 is 11.7 Å². The Kier molecular flexibility index (Phi) is 4.06. The van der Waals surface area contributed by atoms with Crippen LogP contribution in [0.5, 0.6) is 0 Å². The minimum absolute atomic E-state index is 0.171. The van der Waals surface area contributed by atoms with E-state index in [1.807, 2.05) is 13.8 Å². The summed E-state index contributed by atoms with van der Waals surface area (Å²) in [6.45, 7) is 4.35. The lowest BCUT2D eigenvalue weighted by Gasteiger charge is -2.27. The van der Waals surface area contributed by atoms with Crippen LogP contribution in [-0.2, 0) is 0 Å². The molecule has 0 N–H and O–H groups in total. The number of aromatic nitrogens is 3. The number of carbonyl (C=O) groups is 1. The average molecular weight is 312 g/mol. The highest BCUT2D eigenvalue weighted by Gasteiger charge is 2.23. The van der Waals surface area contributed by atoms with Gasteiger partial charge in [-0.1, -0.05) is 12.1 Å². The smallest absolute Gasteiger partial charge is 0.274 e. The molecule has 0 aliphatic heterocycles. The van der Waals surface area contributed by atoms with Crippen LogP contribution >= 0.6 is 0 Å². The summed E-state index contributed by atoms with van der Waals surface area (Å²) in [7, 11) is 0. The van der Waals surface area contributed by atoms with E-state index in [2.05, 4.69) is 9.97 Å². The molecule has 0 spiro atoms. The first kappa shape index (κ1) is 15.1. The number of nitrogens with zero attached hydrogens (tertiary/aromatic N) is 4. The van der Waals surface area contributed by atoms with Gasteiger partial charge in [0.1, 0.15) is 11.5 Å². The second-order valence-corrected chi connectivity index (χ2v) is 5.27. The maximum atomic E-state index is 13.1. The Morgan fingerprint density at radius 1 is 1.35 bits per heavy atom. The van der Waals surface area contributed by atoms with Crippen LogP contribution in [-0.4, -0.2) is 31.7 Å². The van der Waals surface area contributed by atoms with Crippen molar-refractivity contribution in [3.63, 3.8) is 0 Å². The van der Waals surface area contributed by atoms with Gasteiger partial charge in [-0.05, 0) is 37.6 Å². The zero-order chi connectivity index (χ0) is 16.4. The number of carbonyl (C=O) groups excluding carboxylic acids is 1. The van der Waals surface area contributed by atoms with Gasteiger partial charge in [-0.3, -0.25) is 9.20 Å². The van der Waals surface area contributed by atoms with Crippen LogP contribution in [0.25, 0.3) is 5.78 Å². The van der Waals surface area contributed by atoms with Gasteiger partial charge in [0, 0.05) is 25.1 Å². The van der Waals surface area contributed by atoms with Crippen LogP contribution < -0.4 is 0 Å². The normalized spacial score (nSPS) is 12.3. The van der Waals surface area contributed by atoms with Gasteiger partial charge in [-0.25, -0.2) is 14.4 Å². The molecule has 1 unspecified atom stereocenters. The van der Waals surface area contributed by atoms with Crippen LogP contribution in [0.3, 0.4) is 0 Å². The fourth-order valence-corrected chi connectivity index (χ4v) is 2.59. The number of rotatable bonds is 4. The molecule has 2 aromatic heterocycles. The number of fused-ring (bicyclic) bond motifs is 1. The summed E-state index contributed by atoms with van der Waals surface area (Å²) < 4.78 is 14.8. The maximum absolute atomic E-state index is 13.1. The van der Waals surface area contributed by atoms with Gasteiger partial charge in [0.05, 0.1) is 6.04 Å². The van der Waals surface area contributed by atoms with E-state index in [1.54, 1.807) is 46.1 Å². The Bertz CT molecular complexity index is 795. The predicted molar refractivity (Wildman–Crippen MR) is 84.5 cm³/mol. The molecule has 0 saturated carbocycles. The second-order valence-electron chi connectivity index (χ2n) is 5.27. The molecule has 6 heteroatoms. The summed E-state index contributed by atoms with van der Waals surface area (Å²) in [5.41, 5.74) is 1.23. The van der Waals surface area contributed by atoms with E-state index in [0.29, 0.717) is 18.0 Å². The van der Waals surface area contributed by atoms with E-state index >= 15 is 0 Å². The Morgan fingerprint density at radius 3 is 2.74 bits per heavy atom. The highest BCUT2D eigenvalue weighted by molar-refractivity contribution is 5.93. The fourth-order valence-electron chi connectivity index (χ4n) is 2.59. The van der Waals surface area contributed by atoms with E-state index in [4.69, 9.17) is 0 Å². The van der Waals surface area contributed by atoms with Crippen molar-refractivity contribution in [3.05, 3.63) is 66.0 Å². The first-order valence-corrected chi connectivity index (χ1v) is 7.46. The zero-order valence-corrected chi connectivity index (χ0v) is 13.0. The molecule has 0 fully saturated rings. The summed E-state index contributed by atoms with van der Waals surface area (Å²) in [5, 5.41) is 0. The summed E-state index contributed by atoms with van der Waals surface area (Å²) in [6.07, 6.45) is 5.10. The van der Waals surface area contributed by atoms with Crippen LogP contribution in [0, 0.1) is 5.82 Å². The number of hydrogen-bond donors (Lipinski definition) is 0. The van der Waals surface area contributed by atoms with E-state index < -0.39 is 0 Å². The van der Waals surface area contributed by atoms with Gasteiger partial charge >= 0.3 is 0 Å². The quantitative estimate of drug-likeness (QED) is 0.744. The summed E-state index contributed by atoms with van der Waals surface area (Å²) in [6, 6.07) is 7.80. The summed E-state index contributed by atoms with van der Waals surface area (Å²) in [5.74, 6) is 0.0258. The van der Waals surface area contributed by atoms with Crippen molar-refractivity contribution in [1.82, 2.24) is 19.3 Å². The Balaban J connectivity index is 1.89. The molecular weight excluding hydrogens is 295 g/mol. The lowest BCUT2D eigenvalue weighted by molar-refractivity contribution is 0.0697. The largest absolute Gasteiger partial charge is 0.331 e. The molecule has 0 saturated heterocycles. The van der Waals surface area contributed by atoms with Gasteiger partial charge in [0.25, 0.3) is 5.91 Å². The maximum Gasteiger partial charge on any atom is 0.274 e. The lowest BCUT2D eigenvalue weighted by atomic mass is 10.1. The molecule has 5 nitrogen and oxygen atoms in total. The molecule has 3 aromatic rings. The van der Waals surface area contributed by atoms with Crippen molar-refractivity contribution < 1.29 is 9.18 Å². The molecule has 0 aliphatic carbocycles. The highest BCUT2D eigenvalue weighted by atomic mass is 19.1. The topological polar surface area (TPSA) is 50.5 Å². The first-order chi connectivity index (χ1) is 11.1. The van der Waals surface area contributed by atoms with Gasteiger partial charge in [0.2, 0.25) is 5.78 Å². The molecule has 3 rings (SSSR count). The fraction of sp³-hybridized carbons (Fsp3) is 0.235. The lowest BCUT2D eigenvalue weighted by Crippen LogP contribution is -2.33. The van der Waals surface area contributed by atoms with E-state index in [1.165, 1.54) is 12.1 Å². The second kappa shape index (κ2) is 6.16. The standard InChI is InChI=1S/C17H17FN4O/c1-3-22(12(2)13-5-7-14(18)8-6-13)16(23)15-11-21-10-4-9-19-17(21)20-15/h4-12H,3H2,1-2H3. The van der Waals surface area contributed by atoms with Crippen molar-refractivity contribution in [1.29, 1.82) is 0 Å². The van der Waals surface area contributed by atoms with Crippen molar-refractivity contribution in [2.45, 2.75) is 19.9 Å². The molecule has 0 bridgehead atoms. The number of halogens is 1. The van der Waals surface area contributed by atoms with Crippen molar-refractivity contribution in [3.8, 4) is 0 Å². The third-order valence-electron chi connectivity index (χ3n) is 3.88. The number of amides is 1. The number of imidazole rings is 1. The van der Waals surface area contributed by atoms with E-state index in [9.17, 15) is 9.18 Å². The highest BCUT2D eigenvalue weighted by Crippen LogP contribution is 2.22. The van der Waals surface area contributed by atoms with Crippen LogP contribution in [0.4, 0.5) is 4.39 Å². The molecular formula is C17H17FN4O. The van der Waals surface area contributed by atoms with Gasteiger partial charge in [0.15, 0.2) is 0 Å². The summed E-state index contributed by atoms with van der Waals surface area (Å²) in [4.78, 5) is 22.9. The predicted octanol–water partition coefficient (Wildman–Crippen LogP) is 3.09. The van der Waals surface area contributed by atoms with Crippen LogP contribution in [0.1, 0.15) is 35.9 Å². The zero-order valence-electron chi connectivity index (χ0n) is 13.0. The van der Waals surface area contributed by atoms with Gasteiger partial charge in [-0.15, -0.1) is 0 Å². The van der Waals surface area contributed by atoms with Crippen LogP contribution in [0.2, 0.25) is 0 Å².